The van der Waals surface area contributed by atoms with Crippen LogP contribution in [-0.4, -0.2) is 29.6 Å². The highest BCUT2D eigenvalue weighted by atomic mass is 79.9. The van der Waals surface area contributed by atoms with Crippen molar-refractivity contribution in [1.29, 1.82) is 0 Å². The van der Waals surface area contributed by atoms with Gasteiger partial charge in [0.2, 0.25) is 0 Å². The normalized spacial score (nSPS) is 22.4. The van der Waals surface area contributed by atoms with E-state index in [4.69, 9.17) is 0 Å². The van der Waals surface area contributed by atoms with Gasteiger partial charge in [0.25, 0.3) is 0 Å². The fraction of sp³-hybridized carbons (Fsp3) is 0.500. The summed E-state index contributed by atoms with van der Waals surface area (Å²) in [5, 5.41) is 3.71. The van der Waals surface area contributed by atoms with Crippen LogP contribution in [0.15, 0.2) is 22.7 Å². The van der Waals surface area contributed by atoms with Crippen LogP contribution < -0.4 is 5.32 Å². The number of halogens is 2. The van der Waals surface area contributed by atoms with Gasteiger partial charge >= 0.3 is 0 Å². The summed E-state index contributed by atoms with van der Waals surface area (Å²) >= 11 is 7.31. The van der Waals surface area contributed by atoms with Crippen molar-refractivity contribution in [3.63, 3.8) is 0 Å². The van der Waals surface area contributed by atoms with Crippen LogP contribution in [0.25, 0.3) is 0 Å². The van der Waals surface area contributed by atoms with E-state index in [0.29, 0.717) is 5.25 Å². The molecule has 1 saturated heterocycles. The van der Waals surface area contributed by atoms with Gasteiger partial charge in [0.05, 0.1) is 0 Å². The zero-order valence-corrected chi connectivity index (χ0v) is 12.8. The molecule has 1 aromatic carbocycles. The lowest BCUT2D eigenvalue weighted by atomic mass is 10.0. The van der Waals surface area contributed by atoms with Gasteiger partial charge in [-0.2, -0.15) is 23.5 Å². The standard InChI is InChI=1S/C12H15BrFNS2/c1-15-12(11-7-16-4-5-17-11)9-6-8(13)2-3-10(9)14/h2-3,6,11-12,15H,4-5,7H2,1H3. The summed E-state index contributed by atoms with van der Waals surface area (Å²) in [6, 6.07) is 5.25. The van der Waals surface area contributed by atoms with Crippen molar-refractivity contribution in [3.8, 4) is 0 Å². The van der Waals surface area contributed by atoms with Crippen LogP contribution in [0, 0.1) is 5.82 Å². The second kappa shape index (κ2) is 6.45. The summed E-state index contributed by atoms with van der Waals surface area (Å²) in [5.74, 6) is 3.33. The van der Waals surface area contributed by atoms with Crippen LogP contribution >= 0.6 is 39.5 Å². The van der Waals surface area contributed by atoms with E-state index >= 15 is 0 Å². The van der Waals surface area contributed by atoms with Crippen LogP contribution in [0.1, 0.15) is 11.6 Å². The molecule has 2 unspecified atom stereocenters. The van der Waals surface area contributed by atoms with Crippen LogP contribution in [0.4, 0.5) is 4.39 Å². The lowest BCUT2D eigenvalue weighted by molar-refractivity contribution is 0.534. The van der Waals surface area contributed by atoms with E-state index in [9.17, 15) is 4.39 Å². The minimum Gasteiger partial charge on any atom is -0.312 e. The smallest absolute Gasteiger partial charge is 0.128 e. The molecule has 1 N–H and O–H groups in total. The number of nitrogens with one attached hydrogen (secondary N) is 1. The van der Waals surface area contributed by atoms with Gasteiger partial charge in [-0.1, -0.05) is 15.9 Å². The first-order valence-electron chi connectivity index (χ1n) is 5.54. The molecule has 1 aromatic rings. The molecule has 0 aliphatic carbocycles. The summed E-state index contributed by atoms with van der Waals surface area (Å²) in [7, 11) is 1.91. The molecule has 94 valence electrons. The lowest BCUT2D eigenvalue weighted by Gasteiger charge is -2.29. The third-order valence-corrected chi connectivity index (χ3v) is 6.17. The number of rotatable bonds is 3. The quantitative estimate of drug-likeness (QED) is 0.904. The van der Waals surface area contributed by atoms with Gasteiger partial charge in [0.15, 0.2) is 0 Å². The second-order valence-corrected chi connectivity index (χ2v) is 7.33. The fourth-order valence-electron chi connectivity index (χ4n) is 1.99. The predicted octanol–water partition coefficient (Wildman–Crippen LogP) is 3.70. The van der Waals surface area contributed by atoms with E-state index in [-0.39, 0.29) is 11.9 Å². The first-order chi connectivity index (χ1) is 8.22. The molecule has 0 saturated carbocycles. The molecule has 0 spiro atoms. The topological polar surface area (TPSA) is 12.0 Å². The molecule has 1 heterocycles. The van der Waals surface area contributed by atoms with E-state index in [2.05, 4.69) is 21.2 Å². The van der Waals surface area contributed by atoms with Crippen molar-refractivity contribution in [2.24, 2.45) is 0 Å². The van der Waals surface area contributed by atoms with Crippen molar-refractivity contribution in [1.82, 2.24) is 5.32 Å². The maximum Gasteiger partial charge on any atom is 0.128 e. The zero-order valence-electron chi connectivity index (χ0n) is 9.58. The molecule has 1 aliphatic rings. The molecule has 1 nitrogen and oxygen atoms in total. The summed E-state index contributed by atoms with van der Waals surface area (Å²) in [5.41, 5.74) is 0.766. The molecular formula is C12H15BrFNS2. The SMILES string of the molecule is CNC(c1cc(Br)ccc1F)C1CSCCS1. The third-order valence-electron chi connectivity index (χ3n) is 2.82. The molecule has 0 aromatic heterocycles. The van der Waals surface area contributed by atoms with E-state index in [1.165, 1.54) is 11.8 Å². The second-order valence-electron chi connectivity index (χ2n) is 3.92. The summed E-state index contributed by atoms with van der Waals surface area (Å²) in [6.45, 7) is 0. The van der Waals surface area contributed by atoms with Crippen molar-refractivity contribution >= 4 is 39.5 Å². The van der Waals surface area contributed by atoms with Gasteiger partial charge in [0.1, 0.15) is 5.82 Å². The molecule has 1 aliphatic heterocycles. The zero-order chi connectivity index (χ0) is 12.3. The Morgan fingerprint density at radius 1 is 1.47 bits per heavy atom. The minimum atomic E-state index is -0.122. The van der Waals surface area contributed by atoms with Crippen LogP contribution in [-0.2, 0) is 0 Å². The average Bonchev–Trinajstić information content (AvgIpc) is 2.36. The van der Waals surface area contributed by atoms with Gasteiger partial charge < -0.3 is 5.32 Å². The number of thioether (sulfide) groups is 2. The Balaban J connectivity index is 2.24. The van der Waals surface area contributed by atoms with E-state index in [1.54, 1.807) is 6.07 Å². The van der Waals surface area contributed by atoms with Crippen LogP contribution in [0.3, 0.4) is 0 Å². The third kappa shape index (κ3) is 3.40. The molecule has 0 radical (unpaired) electrons. The van der Waals surface area contributed by atoms with Crippen molar-refractivity contribution in [2.75, 3.05) is 24.3 Å². The predicted molar refractivity (Wildman–Crippen MR) is 79.5 cm³/mol. The van der Waals surface area contributed by atoms with Crippen LogP contribution in [0.2, 0.25) is 0 Å². The van der Waals surface area contributed by atoms with Gasteiger partial charge in [-0.25, -0.2) is 4.39 Å². The van der Waals surface area contributed by atoms with Gasteiger partial charge in [-0.3, -0.25) is 0 Å². The number of hydrogen-bond acceptors (Lipinski definition) is 3. The van der Waals surface area contributed by atoms with Crippen LogP contribution in [0.5, 0.6) is 0 Å². The van der Waals surface area contributed by atoms with Gasteiger partial charge in [-0.15, -0.1) is 0 Å². The van der Waals surface area contributed by atoms with Crippen molar-refractivity contribution in [2.45, 2.75) is 11.3 Å². The van der Waals surface area contributed by atoms with E-state index in [1.807, 2.05) is 36.6 Å². The molecule has 5 heteroatoms. The molecule has 0 amide bonds. The highest BCUT2D eigenvalue weighted by Crippen LogP contribution is 2.35. The lowest BCUT2D eigenvalue weighted by Crippen LogP contribution is -2.32. The maximum atomic E-state index is 13.9. The number of hydrogen-bond donors (Lipinski definition) is 1. The largest absolute Gasteiger partial charge is 0.312 e. The van der Waals surface area contributed by atoms with E-state index < -0.39 is 0 Å². The van der Waals surface area contributed by atoms with Crippen molar-refractivity contribution in [3.05, 3.63) is 34.1 Å². The van der Waals surface area contributed by atoms with Gasteiger partial charge in [0, 0.05) is 38.6 Å². The molecule has 1 fully saturated rings. The first-order valence-corrected chi connectivity index (χ1v) is 8.53. The molecule has 2 atom stereocenters. The Bertz CT molecular complexity index is 383. The summed E-state index contributed by atoms with van der Waals surface area (Å²) in [6.07, 6.45) is 0. The Kier molecular flexibility index (Phi) is 5.21. The Morgan fingerprint density at radius 3 is 2.94 bits per heavy atom. The summed E-state index contributed by atoms with van der Waals surface area (Å²) in [4.78, 5) is 0. The molecule has 17 heavy (non-hydrogen) atoms. The van der Waals surface area contributed by atoms with Gasteiger partial charge in [-0.05, 0) is 25.2 Å². The highest BCUT2D eigenvalue weighted by molar-refractivity contribution is 9.10. The van der Waals surface area contributed by atoms with Crippen molar-refractivity contribution < 1.29 is 4.39 Å². The minimum absolute atomic E-state index is 0.0882. The average molecular weight is 336 g/mol. The number of benzene rings is 1. The Hall–Kier alpha value is 0.290. The molecule has 2 rings (SSSR count). The monoisotopic (exact) mass is 335 g/mol. The molecular weight excluding hydrogens is 321 g/mol. The van der Waals surface area contributed by atoms with E-state index in [0.717, 1.165) is 21.5 Å². The molecule has 0 bridgehead atoms. The first kappa shape index (κ1) is 13.7. The summed E-state index contributed by atoms with van der Waals surface area (Å²) < 4.78 is 14.8. The highest BCUT2D eigenvalue weighted by Gasteiger charge is 2.26. The Morgan fingerprint density at radius 2 is 2.29 bits per heavy atom. The Labute approximate surface area is 118 Å². The maximum absolute atomic E-state index is 13.9. The fourth-order valence-corrected chi connectivity index (χ4v) is 5.27.